The third-order valence-corrected chi connectivity index (χ3v) is 3.97. The van der Waals surface area contributed by atoms with Crippen LogP contribution in [0.15, 0.2) is 43.0 Å². The third-order valence-electron chi connectivity index (χ3n) is 3.63. The molecule has 126 valence electrons. The van der Waals surface area contributed by atoms with Crippen molar-refractivity contribution in [2.24, 2.45) is 0 Å². The number of hydrogen-bond acceptors (Lipinski definition) is 4. The predicted molar refractivity (Wildman–Crippen MR) is 101 cm³/mol. The minimum atomic E-state index is -0.0380. The summed E-state index contributed by atoms with van der Waals surface area (Å²) in [5, 5.41) is 11.1. The molecule has 0 unspecified atom stereocenters. The molecule has 0 radical (unpaired) electrons. The van der Waals surface area contributed by atoms with E-state index in [1.165, 1.54) is 12.7 Å². The molecule has 0 aliphatic carbocycles. The van der Waals surface area contributed by atoms with E-state index in [1.807, 2.05) is 38.1 Å². The number of rotatable bonds is 5. The van der Waals surface area contributed by atoms with Gasteiger partial charge >= 0.3 is 0 Å². The van der Waals surface area contributed by atoms with E-state index >= 15 is 0 Å². The number of anilines is 1. The number of nitrogens with zero attached hydrogens (tertiary/aromatic N) is 1. The molecule has 0 spiro atoms. The monoisotopic (exact) mass is 343 g/mol. The SMILES string of the molecule is C=Cc1ccc(COc2ccc(C)cc2C)c(N(O)C(=S)OC)c1. The van der Waals surface area contributed by atoms with Crippen LogP contribution in [0.4, 0.5) is 5.69 Å². The summed E-state index contributed by atoms with van der Waals surface area (Å²) in [6.07, 6.45) is 1.70. The first-order valence-corrected chi connectivity index (χ1v) is 7.89. The van der Waals surface area contributed by atoms with Gasteiger partial charge in [0.1, 0.15) is 12.4 Å². The molecule has 0 aromatic heterocycles. The fourth-order valence-corrected chi connectivity index (χ4v) is 2.43. The molecule has 2 aromatic rings. The molecule has 2 aromatic carbocycles. The van der Waals surface area contributed by atoms with E-state index in [1.54, 1.807) is 12.1 Å². The number of benzene rings is 2. The Morgan fingerprint density at radius 1 is 1.25 bits per heavy atom. The van der Waals surface area contributed by atoms with Gasteiger partial charge in [0.05, 0.1) is 12.8 Å². The van der Waals surface area contributed by atoms with Gasteiger partial charge < -0.3 is 9.47 Å². The highest BCUT2D eigenvalue weighted by Gasteiger charge is 2.15. The van der Waals surface area contributed by atoms with Gasteiger partial charge in [-0.2, -0.15) is 5.06 Å². The summed E-state index contributed by atoms with van der Waals surface area (Å²) in [5.74, 6) is 0.804. The summed E-state index contributed by atoms with van der Waals surface area (Å²) < 4.78 is 10.8. The van der Waals surface area contributed by atoms with Crippen molar-refractivity contribution in [2.45, 2.75) is 20.5 Å². The molecule has 5 heteroatoms. The normalized spacial score (nSPS) is 10.2. The molecule has 24 heavy (non-hydrogen) atoms. The molecule has 0 amide bonds. The number of hydroxylamine groups is 1. The standard InChI is InChI=1S/C19H21NO3S/c1-5-15-7-8-16(17(11-15)20(21)19(24)22-4)12-23-18-9-6-13(2)10-14(18)3/h5-11,21H,1,12H2,2-4H3. The summed E-state index contributed by atoms with van der Waals surface area (Å²) in [7, 11) is 1.41. The average Bonchev–Trinajstić information content (AvgIpc) is 2.59. The Balaban J connectivity index is 2.28. The van der Waals surface area contributed by atoms with Gasteiger partial charge in [0.25, 0.3) is 5.17 Å². The Morgan fingerprint density at radius 2 is 2.00 bits per heavy atom. The van der Waals surface area contributed by atoms with Crippen molar-refractivity contribution in [1.82, 2.24) is 0 Å². The fraction of sp³-hybridized carbons (Fsp3) is 0.211. The highest BCUT2D eigenvalue weighted by molar-refractivity contribution is 7.80. The first-order valence-electron chi connectivity index (χ1n) is 7.48. The molecule has 0 aliphatic rings. The maximum absolute atomic E-state index is 10.3. The second kappa shape index (κ2) is 7.95. The van der Waals surface area contributed by atoms with Crippen molar-refractivity contribution in [3.63, 3.8) is 0 Å². The van der Waals surface area contributed by atoms with Crippen LogP contribution in [0.2, 0.25) is 0 Å². The molecule has 0 bridgehead atoms. The highest BCUT2D eigenvalue weighted by atomic mass is 32.1. The van der Waals surface area contributed by atoms with E-state index in [2.05, 4.69) is 12.6 Å². The lowest BCUT2D eigenvalue weighted by atomic mass is 10.1. The fourth-order valence-electron chi connectivity index (χ4n) is 2.33. The van der Waals surface area contributed by atoms with Crippen LogP contribution in [0.3, 0.4) is 0 Å². The van der Waals surface area contributed by atoms with Crippen molar-refractivity contribution < 1.29 is 14.7 Å². The van der Waals surface area contributed by atoms with Crippen LogP contribution in [-0.4, -0.2) is 17.5 Å². The minimum Gasteiger partial charge on any atom is -0.489 e. The van der Waals surface area contributed by atoms with Crippen molar-refractivity contribution in [3.8, 4) is 5.75 Å². The number of thiocarbonyl (C=S) groups is 1. The lowest BCUT2D eigenvalue weighted by Crippen LogP contribution is -2.27. The number of methoxy groups -OCH3 is 1. The van der Waals surface area contributed by atoms with Crippen LogP contribution < -0.4 is 9.80 Å². The van der Waals surface area contributed by atoms with Crippen molar-refractivity contribution in [2.75, 3.05) is 12.2 Å². The topological polar surface area (TPSA) is 41.9 Å². The molecule has 0 heterocycles. The smallest absolute Gasteiger partial charge is 0.288 e. The summed E-state index contributed by atoms with van der Waals surface area (Å²) in [5.41, 5.74) is 4.39. The summed E-state index contributed by atoms with van der Waals surface area (Å²) >= 11 is 5.00. The summed E-state index contributed by atoms with van der Waals surface area (Å²) in [6, 6.07) is 11.6. The van der Waals surface area contributed by atoms with Gasteiger partial charge in [-0.05, 0) is 49.3 Å². The predicted octanol–water partition coefficient (Wildman–Crippen LogP) is 4.65. The Morgan fingerprint density at radius 3 is 2.62 bits per heavy atom. The largest absolute Gasteiger partial charge is 0.489 e. The van der Waals surface area contributed by atoms with Crippen molar-refractivity contribution >= 4 is 29.2 Å². The molecule has 0 saturated carbocycles. The van der Waals surface area contributed by atoms with Crippen LogP contribution in [0.5, 0.6) is 5.75 Å². The van der Waals surface area contributed by atoms with Gasteiger partial charge in [0.15, 0.2) is 0 Å². The van der Waals surface area contributed by atoms with Gasteiger partial charge in [-0.25, -0.2) is 0 Å². The van der Waals surface area contributed by atoms with Crippen LogP contribution in [-0.2, 0) is 11.3 Å². The first kappa shape index (κ1) is 18.0. The zero-order valence-electron chi connectivity index (χ0n) is 14.1. The van der Waals surface area contributed by atoms with Crippen molar-refractivity contribution in [3.05, 3.63) is 65.2 Å². The van der Waals surface area contributed by atoms with E-state index < -0.39 is 0 Å². The number of aryl methyl sites for hydroxylation is 2. The maximum Gasteiger partial charge on any atom is 0.288 e. The van der Waals surface area contributed by atoms with E-state index in [-0.39, 0.29) is 5.17 Å². The second-order valence-corrected chi connectivity index (χ2v) is 5.78. The summed E-state index contributed by atoms with van der Waals surface area (Å²) in [6.45, 7) is 8.08. The molecule has 4 nitrogen and oxygen atoms in total. The van der Waals surface area contributed by atoms with Crippen LogP contribution in [0.25, 0.3) is 6.08 Å². The quantitative estimate of drug-likeness (QED) is 0.632. The minimum absolute atomic E-state index is 0.0380. The number of hydrogen-bond donors (Lipinski definition) is 1. The van der Waals surface area contributed by atoms with Crippen molar-refractivity contribution in [1.29, 1.82) is 0 Å². The Labute approximate surface area is 147 Å². The maximum atomic E-state index is 10.3. The van der Waals surface area contributed by atoms with E-state index in [0.717, 1.165) is 27.5 Å². The second-order valence-electron chi connectivity index (χ2n) is 5.43. The molecule has 2 rings (SSSR count). The van der Waals surface area contributed by atoms with Gasteiger partial charge in [0.2, 0.25) is 0 Å². The molecule has 0 atom stereocenters. The van der Waals surface area contributed by atoms with Gasteiger partial charge in [0, 0.05) is 5.56 Å². The third kappa shape index (κ3) is 4.13. The zero-order chi connectivity index (χ0) is 17.7. The van der Waals surface area contributed by atoms with Gasteiger partial charge in [-0.15, -0.1) is 0 Å². The first-order chi connectivity index (χ1) is 11.5. The highest BCUT2D eigenvalue weighted by Crippen LogP contribution is 2.26. The van der Waals surface area contributed by atoms with E-state index in [0.29, 0.717) is 12.3 Å². The molecule has 0 fully saturated rings. The lowest BCUT2D eigenvalue weighted by Gasteiger charge is -2.20. The molecular formula is C19H21NO3S. The summed E-state index contributed by atoms with van der Waals surface area (Å²) in [4.78, 5) is 0. The Bertz CT molecular complexity index is 758. The molecule has 0 aliphatic heterocycles. The van der Waals surface area contributed by atoms with E-state index in [4.69, 9.17) is 21.7 Å². The van der Waals surface area contributed by atoms with Crippen LogP contribution >= 0.6 is 12.2 Å². The lowest BCUT2D eigenvalue weighted by molar-refractivity contribution is 0.264. The number of ether oxygens (including phenoxy) is 2. The van der Waals surface area contributed by atoms with Crippen LogP contribution in [0, 0.1) is 13.8 Å². The Hall–Kier alpha value is -2.37. The molecule has 0 saturated heterocycles. The van der Waals surface area contributed by atoms with Gasteiger partial charge in [-0.3, -0.25) is 5.21 Å². The molecular weight excluding hydrogens is 322 g/mol. The Kier molecular flexibility index (Phi) is 5.95. The average molecular weight is 343 g/mol. The van der Waals surface area contributed by atoms with Crippen LogP contribution in [0.1, 0.15) is 22.3 Å². The zero-order valence-corrected chi connectivity index (χ0v) is 14.9. The molecule has 1 N–H and O–H groups in total. The van der Waals surface area contributed by atoms with E-state index in [9.17, 15) is 5.21 Å². The van der Waals surface area contributed by atoms with Gasteiger partial charge in [-0.1, -0.05) is 42.5 Å².